The van der Waals surface area contributed by atoms with Crippen molar-refractivity contribution in [1.29, 1.82) is 0 Å². The molecule has 0 amide bonds. The van der Waals surface area contributed by atoms with Crippen LogP contribution in [-0.4, -0.2) is 5.78 Å². The summed E-state index contributed by atoms with van der Waals surface area (Å²) in [6.45, 7) is 1.87. The van der Waals surface area contributed by atoms with Gasteiger partial charge in [-0.1, -0.05) is 12.1 Å². The van der Waals surface area contributed by atoms with E-state index in [0.29, 0.717) is 4.88 Å². The van der Waals surface area contributed by atoms with E-state index in [2.05, 4.69) is 0 Å². The standard InChI is InChI=1S/C13H9F3OS/c1-8-2-7-11(18-8)12(17)9-3-5-10(6-4-9)13(14,15)16/h2-7H,1H3. The van der Waals surface area contributed by atoms with E-state index < -0.39 is 11.7 Å². The summed E-state index contributed by atoms with van der Waals surface area (Å²) in [5.74, 6) is -0.248. The Kier molecular flexibility index (Phi) is 3.26. The van der Waals surface area contributed by atoms with E-state index in [9.17, 15) is 18.0 Å². The van der Waals surface area contributed by atoms with Crippen LogP contribution >= 0.6 is 11.3 Å². The van der Waals surface area contributed by atoms with Crippen LogP contribution in [0.15, 0.2) is 36.4 Å². The molecule has 0 bridgehead atoms. The van der Waals surface area contributed by atoms with Gasteiger partial charge >= 0.3 is 6.18 Å². The molecule has 0 unspecified atom stereocenters. The van der Waals surface area contributed by atoms with Crippen molar-refractivity contribution in [1.82, 2.24) is 0 Å². The molecule has 0 aliphatic carbocycles. The van der Waals surface area contributed by atoms with E-state index in [4.69, 9.17) is 0 Å². The highest BCUT2D eigenvalue weighted by atomic mass is 32.1. The smallest absolute Gasteiger partial charge is 0.288 e. The topological polar surface area (TPSA) is 17.1 Å². The number of rotatable bonds is 2. The maximum Gasteiger partial charge on any atom is 0.416 e. The molecule has 18 heavy (non-hydrogen) atoms. The molecule has 0 saturated carbocycles. The van der Waals surface area contributed by atoms with Gasteiger partial charge in [-0.05, 0) is 31.2 Å². The number of carbonyl (C=O) groups excluding carboxylic acids is 1. The van der Waals surface area contributed by atoms with Crippen LogP contribution in [-0.2, 0) is 6.18 Å². The minimum atomic E-state index is -4.37. The van der Waals surface area contributed by atoms with Gasteiger partial charge in [0.25, 0.3) is 0 Å². The van der Waals surface area contributed by atoms with Gasteiger partial charge in [0.05, 0.1) is 10.4 Å². The third-order valence-electron chi connectivity index (χ3n) is 2.44. The summed E-state index contributed by atoms with van der Waals surface area (Å²) >= 11 is 1.33. The first-order valence-electron chi connectivity index (χ1n) is 5.16. The fourth-order valence-electron chi connectivity index (χ4n) is 1.51. The van der Waals surface area contributed by atoms with E-state index >= 15 is 0 Å². The van der Waals surface area contributed by atoms with Crippen molar-refractivity contribution in [3.8, 4) is 0 Å². The van der Waals surface area contributed by atoms with Crippen molar-refractivity contribution in [2.24, 2.45) is 0 Å². The average Bonchev–Trinajstić information content (AvgIpc) is 2.74. The van der Waals surface area contributed by atoms with Gasteiger partial charge in [0.15, 0.2) is 0 Å². The van der Waals surface area contributed by atoms with Crippen LogP contribution in [0.25, 0.3) is 0 Å². The molecule has 2 rings (SSSR count). The fourth-order valence-corrected chi connectivity index (χ4v) is 2.34. The lowest BCUT2D eigenvalue weighted by Crippen LogP contribution is -2.06. The van der Waals surface area contributed by atoms with Crippen molar-refractivity contribution in [2.45, 2.75) is 13.1 Å². The molecule has 1 aromatic heterocycles. The van der Waals surface area contributed by atoms with Crippen molar-refractivity contribution >= 4 is 17.1 Å². The highest BCUT2D eigenvalue weighted by Crippen LogP contribution is 2.29. The van der Waals surface area contributed by atoms with Gasteiger partial charge in [0.2, 0.25) is 5.78 Å². The zero-order valence-corrected chi connectivity index (χ0v) is 10.2. The molecule has 1 aromatic carbocycles. The van der Waals surface area contributed by atoms with Crippen LogP contribution < -0.4 is 0 Å². The highest BCUT2D eigenvalue weighted by molar-refractivity contribution is 7.14. The number of hydrogen-bond acceptors (Lipinski definition) is 2. The van der Waals surface area contributed by atoms with Crippen LogP contribution in [0.4, 0.5) is 13.2 Å². The number of aryl methyl sites for hydroxylation is 1. The minimum Gasteiger partial charge on any atom is -0.288 e. The summed E-state index contributed by atoms with van der Waals surface area (Å²) in [5, 5.41) is 0. The van der Waals surface area contributed by atoms with Crippen LogP contribution in [0.1, 0.15) is 25.7 Å². The molecule has 0 radical (unpaired) electrons. The maximum atomic E-state index is 12.4. The first kappa shape index (κ1) is 12.8. The lowest BCUT2D eigenvalue weighted by atomic mass is 10.1. The Morgan fingerprint density at radius 3 is 2.11 bits per heavy atom. The normalized spacial score (nSPS) is 11.6. The number of ketones is 1. The van der Waals surface area contributed by atoms with Gasteiger partial charge in [0, 0.05) is 10.4 Å². The van der Waals surface area contributed by atoms with Gasteiger partial charge < -0.3 is 0 Å². The first-order chi connectivity index (χ1) is 8.38. The van der Waals surface area contributed by atoms with E-state index in [1.807, 2.05) is 13.0 Å². The van der Waals surface area contributed by atoms with Crippen molar-refractivity contribution in [2.75, 3.05) is 0 Å². The minimum absolute atomic E-state index is 0.248. The second kappa shape index (κ2) is 4.57. The Morgan fingerprint density at radius 2 is 1.67 bits per heavy atom. The Hall–Kier alpha value is -1.62. The lowest BCUT2D eigenvalue weighted by molar-refractivity contribution is -0.137. The summed E-state index contributed by atoms with van der Waals surface area (Å²) in [6.07, 6.45) is -4.37. The largest absolute Gasteiger partial charge is 0.416 e. The molecule has 0 atom stereocenters. The summed E-state index contributed by atoms with van der Waals surface area (Å²) in [5.41, 5.74) is -0.480. The number of alkyl halides is 3. The fraction of sp³-hybridized carbons (Fsp3) is 0.154. The molecule has 0 aliphatic heterocycles. The summed E-state index contributed by atoms with van der Waals surface area (Å²) in [7, 11) is 0. The zero-order chi connectivity index (χ0) is 13.3. The molecule has 2 aromatic rings. The monoisotopic (exact) mass is 270 g/mol. The van der Waals surface area contributed by atoms with E-state index in [1.165, 1.54) is 23.5 Å². The van der Waals surface area contributed by atoms with E-state index in [1.54, 1.807) is 6.07 Å². The number of halogens is 3. The second-order valence-electron chi connectivity index (χ2n) is 3.81. The SMILES string of the molecule is Cc1ccc(C(=O)c2ccc(C(F)(F)F)cc2)s1. The molecule has 94 valence electrons. The maximum absolute atomic E-state index is 12.4. The van der Waals surface area contributed by atoms with Crippen LogP contribution in [0.2, 0.25) is 0 Å². The highest BCUT2D eigenvalue weighted by Gasteiger charge is 2.30. The van der Waals surface area contributed by atoms with Crippen molar-refractivity contribution in [3.05, 3.63) is 57.3 Å². The zero-order valence-electron chi connectivity index (χ0n) is 9.41. The molecule has 1 nitrogen and oxygen atoms in total. The summed E-state index contributed by atoms with van der Waals surface area (Å²) in [4.78, 5) is 13.5. The first-order valence-corrected chi connectivity index (χ1v) is 5.98. The third-order valence-corrected chi connectivity index (χ3v) is 3.44. The summed E-state index contributed by atoms with van der Waals surface area (Å²) in [6, 6.07) is 7.75. The summed E-state index contributed by atoms with van der Waals surface area (Å²) < 4.78 is 37.1. The van der Waals surface area contributed by atoms with Crippen molar-refractivity contribution in [3.63, 3.8) is 0 Å². The predicted octanol–water partition coefficient (Wildman–Crippen LogP) is 4.31. The number of hydrogen-bond donors (Lipinski definition) is 0. The molecule has 0 spiro atoms. The molecular formula is C13H9F3OS. The Morgan fingerprint density at radius 1 is 1.06 bits per heavy atom. The van der Waals surface area contributed by atoms with Gasteiger partial charge in [-0.25, -0.2) is 0 Å². The lowest BCUT2D eigenvalue weighted by Gasteiger charge is -2.06. The average molecular weight is 270 g/mol. The van der Waals surface area contributed by atoms with Gasteiger partial charge in [-0.15, -0.1) is 11.3 Å². The van der Waals surface area contributed by atoms with Crippen LogP contribution in [0, 0.1) is 6.92 Å². The van der Waals surface area contributed by atoms with E-state index in [-0.39, 0.29) is 11.3 Å². The molecule has 0 saturated heterocycles. The van der Waals surface area contributed by atoms with Crippen LogP contribution in [0.3, 0.4) is 0 Å². The Balaban J connectivity index is 2.28. The molecule has 0 fully saturated rings. The molecular weight excluding hydrogens is 261 g/mol. The second-order valence-corrected chi connectivity index (χ2v) is 5.10. The number of thiophene rings is 1. The van der Waals surface area contributed by atoms with Gasteiger partial charge in [0.1, 0.15) is 0 Å². The Bertz CT molecular complexity index is 567. The quantitative estimate of drug-likeness (QED) is 0.743. The predicted molar refractivity (Wildman–Crippen MR) is 63.9 cm³/mol. The Labute approximate surface area is 106 Å². The number of benzene rings is 1. The van der Waals surface area contributed by atoms with E-state index in [0.717, 1.165) is 17.0 Å². The van der Waals surface area contributed by atoms with Gasteiger partial charge in [-0.2, -0.15) is 13.2 Å². The molecule has 0 aliphatic rings. The molecule has 0 N–H and O–H groups in total. The number of carbonyl (C=O) groups is 1. The third kappa shape index (κ3) is 2.61. The van der Waals surface area contributed by atoms with Gasteiger partial charge in [-0.3, -0.25) is 4.79 Å². The molecule has 1 heterocycles. The molecule has 5 heteroatoms. The van der Waals surface area contributed by atoms with Crippen molar-refractivity contribution < 1.29 is 18.0 Å². The van der Waals surface area contributed by atoms with Crippen LogP contribution in [0.5, 0.6) is 0 Å².